The van der Waals surface area contributed by atoms with E-state index in [0.717, 1.165) is 95.8 Å². The Hall–Kier alpha value is -1.94. The molecule has 0 aromatic carbocycles. The van der Waals surface area contributed by atoms with Gasteiger partial charge in [0.25, 0.3) is 0 Å². The summed E-state index contributed by atoms with van der Waals surface area (Å²) in [6.07, 6.45) is 56.6. The molecule has 0 amide bonds. The van der Waals surface area contributed by atoms with Crippen LogP contribution < -0.4 is 0 Å². The highest BCUT2D eigenvalue weighted by Crippen LogP contribution is 2.45. The number of aliphatic hydroxyl groups is 1. The number of ether oxygens (including phenoxy) is 4. The Bertz CT molecular complexity index is 1810. The Morgan fingerprint density at radius 3 is 0.755 bits per heavy atom. The number of esters is 4. The lowest BCUT2D eigenvalue weighted by Gasteiger charge is -2.21. The zero-order valence-electron chi connectivity index (χ0n) is 61.1. The maximum atomic E-state index is 13.1. The third-order valence-electron chi connectivity index (χ3n) is 17.9. The lowest BCUT2D eigenvalue weighted by Crippen LogP contribution is -2.30. The number of phosphoric ester groups is 2. The molecule has 94 heavy (non-hydrogen) atoms. The fourth-order valence-electron chi connectivity index (χ4n) is 11.5. The molecule has 0 radical (unpaired) electrons. The van der Waals surface area contributed by atoms with Gasteiger partial charge in [-0.3, -0.25) is 37.3 Å². The van der Waals surface area contributed by atoms with Gasteiger partial charge < -0.3 is 33.8 Å². The minimum atomic E-state index is -4.96. The quantitative estimate of drug-likeness (QED) is 0.0222. The fraction of sp³-hybridized carbons (Fsp3) is 0.947. The Morgan fingerprint density at radius 2 is 0.511 bits per heavy atom. The maximum Gasteiger partial charge on any atom is 0.472 e. The van der Waals surface area contributed by atoms with Crippen molar-refractivity contribution in [2.75, 3.05) is 39.6 Å². The lowest BCUT2D eigenvalue weighted by atomic mass is 9.99. The van der Waals surface area contributed by atoms with E-state index >= 15 is 0 Å². The van der Waals surface area contributed by atoms with Crippen molar-refractivity contribution in [3.63, 3.8) is 0 Å². The largest absolute Gasteiger partial charge is 0.472 e. The van der Waals surface area contributed by atoms with Crippen LogP contribution in [0, 0.1) is 5.92 Å². The number of phosphoric acid groups is 2. The summed E-state index contributed by atoms with van der Waals surface area (Å²) in [5.74, 6) is -1.30. The zero-order valence-corrected chi connectivity index (χ0v) is 62.9. The van der Waals surface area contributed by atoms with Crippen molar-refractivity contribution >= 4 is 39.5 Å². The Labute approximate surface area is 575 Å². The van der Waals surface area contributed by atoms with E-state index in [4.69, 9.17) is 37.0 Å². The maximum absolute atomic E-state index is 13.1. The van der Waals surface area contributed by atoms with Crippen molar-refractivity contribution < 1.29 is 80.2 Å². The van der Waals surface area contributed by atoms with Gasteiger partial charge in [0.1, 0.15) is 19.3 Å². The Morgan fingerprint density at radius 1 is 0.298 bits per heavy atom. The third kappa shape index (κ3) is 67.3. The number of hydrogen-bond acceptors (Lipinski definition) is 15. The number of hydrogen-bond donors (Lipinski definition) is 3. The first-order valence-corrected chi connectivity index (χ1v) is 42.2. The monoisotopic (exact) mass is 1380 g/mol. The molecule has 0 fully saturated rings. The molecule has 3 N–H and O–H groups in total. The second-order valence-corrected chi connectivity index (χ2v) is 30.2. The van der Waals surface area contributed by atoms with Crippen LogP contribution in [0.3, 0.4) is 0 Å². The van der Waals surface area contributed by atoms with Gasteiger partial charge in [0, 0.05) is 25.7 Å². The minimum absolute atomic E-state index is 0.108. The molecule has 3 unspecified atom stereocenters. The number of carbonyl (C=O) groups is 4. The van der Waals surface area contributed by atoms with Gasteiger partial charge in [-0.05, 0) is 31.6 Å². The van der Waals surface area contributed by atoms with Gasteiger partial charge in [-0.2, -0.15) is 0 Å². The number of aliphatic hydroxyl groups excluding tert-OH is 1. The summed E-state index contributed by atoms with van der Waals surface area (Å²) in [7, 11) is -9.91. The number of unbranched alkanes of at least 4 members (excludes halogenated alkanes) is 46. The third-order valence-corrected chi connectivity index (χ3v) is 19.8. The van der Waals surface area contributed by atoms with E-state index in [-0.39, 0.29) is 25.7 Å². The van der Waals surface area contributed by atoms with E-state index in [1.54, 1.807) is 0 Å². The Kier molecular flexibility index (Phi) is 66.8. The van der Waals surface area contributed by atoms with Crippen LogP contribution >= 0.6 is 15.6 Å². The second kappa shape index (κ2) is 68.2. The van der Waals surface area contributed by atoms with Crippen molar-refractivity contribution in [2.24, 2.45) is 5.92 Å². The fourth-order valence-corrected chi connectivity index (χ4v) is 13.1. The van der Waals surface area contributed by atoms with E-state index in [1.165, 1.54) is 218 Å². The molecule has 6 atom stereocenters. The van der Waals surface area contributed by atoms with Gasteiger partial charge in [0.05, 0.1) is 26.4 Å². The van der Waals surface area contributed by atoms with Gasteiger partial charge in [0.2, 0.25) is 0 Å². The molecule has 558 valence electrons. The Balaban J connectivity index is 5.26. The van der Waals surface area contributed by atoms with Gasteiger partial charge >= 0.3 is 39.5 Å². The summed E-state index contributed by atoms with van der Waals surface area (Å²) in [4.78, 5) is 72.8. The van der Waals surface area contributed by atoms with E-state index in [2.05, 4.69) is 34.6 Å². The van der Waals surface area contributed by atoms with Crippen molar-refractivity contribution in [3.05, 3.63) is 0 Å². The molecule has 0 heterocycles. The molecular formula is C75H146O17P2. The number of carbonyl (C=O) groups excluding carboxylic acids is 4. The molecule has 0 rings (SSSR count). The molecule has 0 bridgehead atoms. The molecular weight excluding hydrogens is 1230 g/mol. The van der Waals surface area contributed by atoms with Gasteiger partial charge in [-0.1, -0.05) is 343 Å². The standard InChI is InChI=1S/C75H146O17P2/c1-6-10-13-16-19-22-25-28-29-30-31-34-41-46-51-56-61-75(80)92-71(65-86-73(78)59-54-49-44-39-36-35-37-42-47-52-57-68(5)9-4)67-90-94(83,84)88-63-69(76)62-87-93(81,82)89-66-70(91-74(79)60-55-50-45-40-33-27-24-21-18-15-12-8-3)64-85-72(77)58-53-48-43-38-32-26-23-20-17-14-11-7-2/h68-71,76H,6-67H2,1-5H3,(H,81,82)(H,83,84)/t68?,69-,70+,71+/m0/s1. The average Bonchev–Trinajstić information content (AvgIpc) is 2.41. The molecule has 0 saturated heterocycles. The SMILES string of the molecule is CCCCCCCCCCCCCCCCCCC(=O)O[C@H](COC(=O)CCCCCCCCCCCCC(C)CC)COP(=O)(O)OC[C@@H](O)COP(=O)(O)OC[C@@H](COC(=O)CCCCCCCCCCCCCC)OC(=O)CCCCCCCCCCCCCC. The highest BCUT2D eigenvalue weighted by Gasteiger charge is 2.30. The highest BCUT2D eigenvalue weighted by atomic mass is 31.2. The number of rotatable bonds is 75. The van der Waals surface area contributed by atoms with E-state index in [0.29, 0.717) is 25.7 Å². The molecule has 0 aromatic heterocycles. The van der Waals surface area contributed by atoms with Crippen LogP contribution in [0.2, 0.25) is 0 Å². The van der Waals surface area contributed by atoms with Crippen molar-refractivity contribution in [3.8, 4) is 0 Å². The summed E-state index contributed by atoms with van der Waals surface area (Å²) in [5, 5.41) is 10.6. The van der Waals surface area contributed by atoms with Gasteiger partial charge in [-0.15, -0.1) is 0 Å². The first-order valence-electron chi connectivity index (χ1n) is 39.2. The van der Waals surface area contributed by atoms with E-state index in [9.17, 15) is 43.2 Å². The van der Waals surface area contributed by atoms with Crippen molar-refractivity contribution in [1.29, 1.82) is 0 Å². The molecule has 0 aliphatic carbocycles. The van der Waals surface area contributed by atoms with E-state index < -0.39 is 97.5 Å². The van der Waals surface area contributed by atoms with Crippen molar-refractivity contribution in [2.45, 2.75) is 412 Å². The van der Waals surface area contributed by atoms with Gasteiger partial charge in [0.15, 0.2) is 12.2 Å². The first-order chi connectivity index (χ1) is 45.6. The average molecular weight is 1380 g/mol. The second-order valence-electron chi connectivity index (χ2n) is 27.3. The van der Waals surface area contributed by atoms with Crippen LogP contribution in [-0.2, 0) is 65.4 Å². The van der Waals surface area contributed by atoms with Crippen LogP contribution in [0.4, 0.5) is 0 Å². The minimum Gasteiger partial charge on any atom is -0.462 e. The first kappa shape index (κ1) is 92.1. The van der Waals surface area contributed by atoms with Gasteiger partial charge in [-0.25, -0.2) is 9.13 Å². The van der Waals surface area contributed by atoms with Crippen LogP contribution in [0.5, 0.6) is 0 Å². The summed E-state index contributed by atoms with van der Waals surface area (Å²) < 4.78 is 68.5. The topological polar surface area (TPSA) is 237 Å². The molecule has 0 spiro atoms. The molecule has 0 saturated carbocycles. The molecule has 0 aliphatic rings. The molecule has 0 aromatic rings. The van der Waals surface area contributed by atoms with Crippen LogP contribution in [-0.4, -0.2) is 96.7 Å². The summed E-state index contributed by atoms with van der Waals surface area (Å²) >= 11 is 0. The van der Waals surface area contributed by atoms with Crippen molar-refractivity contribution in [1.82, 2.24) is 0 Å². The molecule has 0 aliphatic heterocycles. The predicted octanol–water partition coefficient (Wildman–Crippen LogP) is 22.1. The lowest BCUT2D eigenvalue weighted by molar-refractivity contribution is -0.161. The van der Waals surface area contributed by atoms with Crippen LogP contribution in [0.15, 0.2) is 0 Å². The molecule has 19 heteroatoms. The zero-order chi connectivity index (χ0) is 69.1. The summed E-state index contributed by atoms with van der Waals surface area (Å²) in [6, 6.07) is 0. The van der Waals surface area contributed by atoms with E-state index in [1.807, 2.05) is 0 Å². The smallest absolute Gasteiger partial charge is 0.462 e. The van der Waals surface area contributed by atoms with Crippen LogP contribution in [0.25, 0.3) is 0 Å². The normalized spacial score (nSPS) is 14.3. The summed E-state index contributed by atoms with van der Waals surface area (Å²) in [6.45, 7) is 7.32. The highest BCUT2D eigenvalue weighted by molar-refractivity contribution is 7.47. The van der Waals surface area contributed by atoms with Crippen LogP contribution in [0.1, 0.15) is 394 Å². The summed E-state index contributed by atoms with van der Waals surface area (Å²) in [5.41, 5.74) is 0. The predicted molar refractivity (Wildman–Crippen MR) is 382 cm³/mol. The molecule has 17 nitrogen and oxygen atoms in total.